The third-order valence-corrected chi connectivity index (χ3v) is 5.85. The number of carbonyl (C=O) groups excluding carboxylic acids is 1. The van der Waals surface area contributed by atoms with Crippen molar-refractivity contribution in [3.8, 4) is 16.9 Å². The van der Waals surface area contributed by atoms with Crippen LogP contribution in [0.4, 0.5) is 0 Å². The third kappa shape index (κ3) is 4.58. The molecule has 0 saturated carbocycles. The molecule has 160 valence electrons. The number of aryl methyl sites for hydroxylation is 3. The smallest absolute Gasteiger partial charge is 0.257 e. The van der Waals surface area contributed by atoms with E-state index in [0.717, 1.165) is 53.3 Å². The lowest BCUT2D eigenvalue weighted by atomic mass is 9.92. The van der Waals surface area contributed by atoms with E-state index in [1.165, 1.54) is 0 Å². The minimum Gasteiger partial charge on any atom is -0.497 e. The Labute approximate surface area is 183 Å². The van der Waals surface area contributed by atoms with Gasteiger partial charge in [0, 0.05) is 36.6 Å². The lowest BCUT2D eigenvalue weighted by molar-refractivity contribution is 0.0704. The van der Waals surface area contributed by atoms with Crippen LogP contribution in [0.3, 0.4) is 0 Å². The zero-order valence-corrected chi connectivity index (χ0v) is 18.6. The lowest BCUT2D eigenvalue weighted by Gasteiger charge is -2.33. The molecule has 1 saturated heterocycles. The summed E-state index contributed by atoms with van der Waals surface area (Å²) >= 11 is 0. The molecule has 2 aromatic heterocycles. The Hall–Kier alpha value is -3.28. The molecular weight excluding hydrogens is 388 g/mol. The topological polar surface area (TPSA) is 68.2 Å². The van der Waals surface area contributed by atoms with Gasteiger partial charge in [-0.15, -0.1) is 0 Å². The Kier molecular flexibility index (Phi) is 5.98. The summed E-state index contributed by atoms with van der Waals surface area (Å²) in [6, 6.07) is 12.3. The summed E-state index contributed by atoms with van der Waals surface area (Å²) < 4.78 is 5.27. The largest absolute Gasteiger partial charge is 0.497 e. The molecule has 1 aromatic carbocycles. The number of benzene rings is 1. The quantitative estimate of drug-likeness (QED) is 0.627. The Morgan fingerprint density at radius 1 is 1.06 bits per heavy atom. The fraction of sp³-hybridized carbons (Fsp3) is 0.360. The van der Waals surface area contributed by atoms with Crippen LogP contribution in [-0.4, -0.2) is 46.0 Å². The Balaban J connectivity index is 1.57. The highest BCUT2D eigenvalue weighted by Gasteiger charge is 2.28. The van der Waals surface area contributed by atoms with Crippen molar-refractivity contribution >= 4 is 5.91 Å². The van der Waals surface area contributed by atoms with Crippen molar-refractivity contribution in [3.05, 3.63) is 71.1 Å². The van der Waals surface area contributed by atoms with Gasteiger partial charge in [0.15, 0.2) is 0 Å². The van der Waals surface area contributed by atoms with E-state index in [2.05, 4.69) is 34.2 Å². The van der Waals surface area contributed by atoms with Gasteiger partial charge in [0.05, 0.1) is 18.4 Å². The standard InChI is InChI=1S/C25H28N4O2/c1-16-12-21(19-7-9-22(31-4)10-8-19)13-24(27-16)20-6-5-11-29(15-20)25(30)23-14-26-18(3)28-17(23)2/h7-10,12-14,20H,5-6,11,15H2,1-4H3. The van der Waals surface area contributed by atoms with Crippen molar-refractivity contribution < 1.29 is 9.53 Å². The van der Waals surface area contributed by atoms with E-state index in [4.69, 9.17) is 9.72 Å². The number of hydrogen-bond acceptors (Lipinski definition) is 5. The summed E-state index contributed by atoms with van der Waals surface area (Å²) in [6.45, 7) is 7.13. The first-order chi connectivity index (χ1) is 14.9. The number of nitrogens with zero attached hydrogens (tertiary/aromatic N) is 4. The molecule has 4 rings (SSSR count). The molecule has 0 bridgehead atoms. The van der Waals surface area contributed by atoms with Gasteiger partial charge in [0.2, 0.25) is 0 Å². The van der Waals surface area contributed by atoms with Crippen LogP contribution >= 0.6 is 0 Å². The molecular formula is C25H28N4O2. The van der Waals surface area contributed by atoms with Gasteiger partial charge in [-0.25, -0.2) is 9.97 Å². The number of rotatable bonds is 4. The van der Waals surface area contributed by atoms with E-state index < -0.39 is 0 Å². The highest BCUT2D eigenvalue weighted by Crippen LogP contribution is 2.31. The highest BCUT2D eigenvalue weighted by atomic mass is 16.5. The molecule has 31 heavy (non-hydrogen) atoms. The highest BCUT2D eigenvalue weighted by molar-refractivity contribution is 5.95. The van der Waals surface area contributed by atoms with Crippen LogP contribution in [0.15, 0.2) is 42.6 Å². The molecule has 3 aromatic rings. The average Bonchev–Trinajstić information content (AvgIpc) is 2.78. The maximum Gasteiger partial charge on any atom is 0.257 e. The number of ether oxygens (including phenoxy) is 1. The summed E-state index contributed by atoms with van der Waals surface area (Å²) in [5, 5.41) is 0. The van der Waals surface area contributed by atoms with Gasteiger partial charge in [0.1, 0.15) is 11.6 Å². The minimum atomic E-state index is 0.00484. The van der Waals surface area contributed by atoms with Gasteiger partial charge < -0.3 is 9.64 Å². The number of likely N-dealkylation sites (tertiary alicyclic amines) is 1. The number of hydrogen-bond donors (Lipinski definition) is 0. The number of carbonyl (C=O) groups is 1. The first-order valence-electron chi connectivity index (χ1n) is 10.7. The molecule has 0 spiro atoms. The maximum atomic E-state index is 13.1. The van der Waals surface area contributed by atoms with E-state index in [0.29, 0.717) is 17.9 Å². The van der Waals surface area contributed by atoms with Crippen molar-refractivity contribution in [2.75, 3.05) is 20.2 Å². The monoisotopic (exact) mass is 416 g/mol. The molecule has 1 fully saturated rings. The number of aromatic nitrogens is 3. The van der Waals surface area contributed by atoms with Crippen LogP contribution < -0.4 is 4.74 Å². The SMILES string of the molecule is COc1ccc(-c2cc(C)nc(C3CCCN(C(=O)c4cnc(C)nc4C)C3)c2)cc1. The van der Waals surface area contributed by atoms with Crippen LogP contribution in [0.2, 0.25) is 0 Å². The second-order valence-electron chi connectivity index (χ2n) is 8.16. The van der Waals surface area contributed by atoms with Crippen LogP contribution in [0.25, 0.3) is 11.1 Å². The predicted molar refractivity (Wildman–Crippen MR) is 120 cm³/mol. The molecule has 0 aliphatic carbocycles. The molecule has 0 N–H and O–H groups in total. The maximum absolute atomic E-state index is 13.1. The summed E-state index contributed by atoms with van der Waals surface area (Å²) in [6.07, 6.45) is 3.62. The van der Waals surface area contributed by atoms with Gasteiger partial charge in [0.25, 0.3) is 5.91 Å². The first-order valence-corrected chi connectivity index (χ1v) is 10.7. The zero-order chi connectivity index (χ0) is 22.0. The van der Waals surface area contributed by atoms with Crippen molar-refractivity contribution in [1.29, 1.82) is 0 Å². The molecule has 1 unspecified atom stereocenters. The average molecular weight is 417 g/mol. The van der Waals surface area contributed by atoms with E-state index in [1.54, 1.807) is 13.3 Å². The molecule has 1 aliphatic heterocycles. The Morgan fingerprint density at radius 3 is 2.55 bits per heavy atom. The number of methoxy groups -OCH3 is 1. The van der Waals surface area contributed by atoms with E-state index in [-0.39, 0.29) is 11.8 Å². The number of amides is 1. The fourth-order valence-corrected chi connectivity index (χ4v) is 4.22. The van der Waals surface area contributed by atoms with Gasteiger partial charge in [-0.2, -0.15) is 0 Å². The summed E-state index contributed by atoms with van der Waals surface area (Å²) in [5.74, 6) is 1.73. The summed E-state index contributed by atoms with van der Waals surface area (Å²) in [5.41, 5.74) is 5.60. The van der Waals surface area contributed by atoms with Crippen LogP contribution in [0, 0.1) is 20.8 Å². The van der Waals surface area contributed by atoms with E-state index in [1.807, 2.05) is 37.8 Å². The Morgan fingerprint density at radius 2 is 1.84 bits per heavy atom. The fourth-order valence-electron chi connectivity index (χ4n) is 4.22. The summed E-state index contributed by atoms with van der Waals surface area (Å²) in [7, 11) is 1.67. The second kappa shape index (κ2) is 8.84. The van der Waals surface area contributed by atoms with Gasteiger partial charge >= 0.3 is 0 Å². The molecule has 1 amide bonds. The van der Waals surface area contributed by atoms with Crippen LogP contribution in [0.1, 0.15) is 52.0 Å². The van der Waals surface area contributed by atoms with Gasteiger partial charge in [-0.3, -0.25) is 9.78 Å². The summed E-state index contributed by atoms with van der Waals surface area (Å²) in [4.78, 5) is 28.5. The predicted octanol–water partition coefficient (Wildman–Crippen LogP) is 4.49. The number of pyridine rings is 1. The molecule has 6 nitrogen and oxygen atoms in total. The Bertz CT molecular complexity index is 1100. The molecule has 6 heteroatoms. The van der Waals surface area contributed by atoms with Crippen molar-refractivity contribution in [2.24, 2.45) is 0 Å². The van der Waals surface area contributed by atoms with Crippen molar-refractivity contribution in [3.63, 3.8) is 0 Å². The first kappa shape index (κ1) is 21.0. The van der Waals surface area contributed by atoms with Crippen LogP contribution in [-0.2, 0) is 0 Å². The normalized spacial score (nSPS) is 16.3. The molecule has 0 radical (unpaired) electrons. The number of piperidine rings is 1. The van der Waals surface area contributed by atoms with Crippen molar-refractivity contribution in [2.45, 2.75) is 39.5 Å². The zero-order valence-electron chi connectivity index (χ0n) is 18.6. The van der Waals surface area contributed by atoms with Crippen molar-refractivity contribution in [1.82, 2.24) is 19.9 Å². The molecule has 1 aliphatic rings. The lowest BCUT2D eigenvalue weighted by Crippen LogP contribution is -2.39. The third-order valence-electron chi connectivity index (χ3n) is 5.85. The molecule has 1 atom stereocenters. The van der Waals surface area contributed by atoms with E-state index in [9.17, 15) is 4.79 Å². The van der Waals surface area contributed by atoms with Crippen LogP contribution in [0.5, 0.6) is 5.75 Å². The van der Waals surface area contributed by atoms with E-state index >= 15 is 0 Å². The second-order valence-corrected chi connectivity index (χ2v) is 8.16. The van der Waals surface area contributed by atoms with Gasteiger partial charge in [-0.05, 0) is 69.0 Å². The van der Waals surface area contributed by atoms with Gasteiger partial charge in [-0.1, -0.05) is 12.1 Å². The molecule has 3 heterocycles. The minimum absolute atomic E-state index is 0.00484.